The largest absolute Gasteiger partial charge is 0.383 e. The van der Waals surface area contributed by atoms with Crippen molar-refractivity contribution in [3.8, 4) is 0 Å². The van der Waals surface area contributed by atoms with Crippen LogP contribution in [-0.4, -0.2) is 33.0 Å². The lowest BCUT2D eigenvalue weighted by atomic mass is 10.0. The summed E-state index contributed by atoms with van der Waals surface area (Å²) in [6.45, 7) is 2.11. The third kappa shape index (κ3) is 4.02. The Morgan fingerprint density at radius 2 is 1.69 bits per heavy atom. The minimum Gasteiger partial charge on any atom is -0.383 e. The van der Waals surface area contributed by atoms with Gasteiger partial charge in [0.1, 0.15) is 5.82 Å². The predicted molar refractivity (Wildman–Crippen MR) is 117 cm³/mol. The van der Waals surface area contributed by atoms with E-state index >= 15 is 0 Å². The number of hydrogen-bond donors (Lipinski definition) is 3. The molecule has 29 heavy (non-hydrogen) atoms. The van der Waals surface area contributed by atoms with Gasteiger partial charge in [0, 0.05) is 19.3 Å². The lowest BCUT2D eigenvalue weighted by Gasteiger charge is -2.23. The normalized spacial score (nSPS) is 11.2. The van der Waals surface area contributed by atoms with Crippen molar-refractivity contribution in [3.05, 3.63) is 54.2 Å². The lowest BCUT2D eigenvalue weighted by molar-refractivity contribution is 0.679. The summed E-state index contributed by atoms with van der Waals surface area (Å²) in [6.07, 6.45) is 3.53. The van der Waals surface area contributed by atoms with Crippen LogP contribution in [0.15, 0.2) is 48.7 Å². The third-order valence-corrected chi connectivity index (χ3v) is 4.89. The van der Waals surface area contributed by atoms with E-state index in [0.29, 0.717) is 30.1 Å². The van der Waals surface area contributed by atoms with Gasteiger partial charge >= 0.3 is 0 Å². The molecule has 6 N–H and O–H groups in total. The minimum absolute atomic E-state index is 0.100. The van der Waals surface area contributed by atoms with Gasteiger partial charge in [0.25, 0.3) is 0 Å². The van der Waals surface area contributed by atoms with E-state index < -0.39 is 0 Å². The Morgan fingerprint density at radius 1 is 0.862 bits per heavy atom. The summed E-state index contributed by atoms with van der Waals surface area (Å²) in [4.78, 5) is 19.5. The Hall–Kier alpha value is -3.52. The lowest BCUT2D eigenvalue weighted by Crippen LogP contribution is -2.26. The molecule has 2 aromatic heterocycles. The molecule has 2 heterocycles. The summed E-state index contributed by atoms with van der Waals surface area (Å²) in [5, 5.41) is 3.02. The van der Waals surface area contributed by atoms with Crippen LogP contribution in [0.25, 0.3) is 21.8 Å². The number of anilines is 3. The monoisotopic (exact) mass is 388 g/mol. The van der Waals surface area contributed by atoms with Crippen LogP contribution in [0, 0.1) is 0 Å². The molecule has 0 aliphatic heterocycles. The third-order valence-electron chi connectivity index (χ3n) is 4.89. The number of unbranched alkanes of at least 4 members (excludes halogenated alkanes) is 1. The maximum Gasteiger partial charge on any atom is 0.227 e. The molecule has 0 fully saturated rings. The summed E-state index contributed by atoms with van der Waals surface area (Å²) in [6, 6.07) is 14.7. The zero-order valence-corrected chi connectivity index (χ0v) is 16.1. The predicted octanol–water partition coefficient (Wildman–Crippen LogP) is 2.48. The molecule has 4 aromatic rings. The number of aromatic nitrogens is 4. The zero-order chi connectivity index (χ0) is 20.2. The van der Waals surface area contributed by atoms with Gasteiger partial charge in [0.05, 0.1) is 5.39 Å². The van der Waals surface area contributed by atoms with Gasteiger partial charge in [0.15, 0.2) is 5.65 Å². The van der Waals surface area contributed by atoms with Gasteiger partial charge in [-0.2, -0.15) is 15.0 Å². The molecular weight excluding hydrogens is 364 g/mol. The molecule has 0 atom stereocenters. The molecule has 0 amide bonds. The number of rotatable bonds is 7. The molecule has 0 bridgehead atoms. The maximum atomic E-state index is 5.93. The fourth-order valence-electron chi connectivity index (χ4n) is 3.43. The maximum absolute atomic E-state index is 5.93. The highest BCUT2D eigenvalue weighted by atomic mass is 15.3. The van der Waals surface area contributed by atoms with Crippen molar-refractivity contribution in [2.24, 2.45) is 5.73 Å². The van der Waals surface area contributed by atoms with Crippen LogP contribution in [0.3, 0.4) is 0 Å². The average Bonchev–Trinajstić information content (AvgIpc) is 2.73. The van der Waals surface area contributed by atoms with E-state index in [1.807, 2.05) is 6.07 Å². The van der Waals surface area contributed by atoms with Crippen molar-refractivity contribution >= 4 is 39.5 Å². The van der Waals surface area contributed by atoms with Crippen molar-refractivity contribution in [2.45, 2.75) is 19.4 Å². The summed E-state index contributed by atoms with van der Waals surface area (Å²) in [5.41, 5.74) is 19.0. The Balaban J connectivity index is 1.72. The highest BCUT2D eigenvalue weighted by molar-refractivity contribution is 5.87. The first-order valence-corrected chi connectivity index (χ1v) is 9.63. The second kappa shape index (κ2) is 8.24. The quantitative estimate of drug-likeness (QED) is 0.411. The first kappa shape index (κ1) is 18.8. The van der Waals surface area contributed by atoms with Crippen molar-refractivity contribution in [1.82, 2.24) is 19.9 Å². The van der Waals surface area contributed by atoms with Gasteiger partial charge in [-0.3, -0.25) is 0 Å². The van der Waals surface area contributed by atoms with Crippen LogP contribution in [0.5, 0.6) is 0 Å². The van der Waals surface area contributed by atoms with E-state index in [1.54, 1.807) is 6.20 Å². The molecule has 0 aliphatic rings. The summed E-state index contributed by atoms with van der Waals surface area (Å²) in [7, 11) is 0. The van der Waals surface area contributed by atoms with Gasteiger partial charge in [-0.05, 0) is 35.7 Å². The fourth-order valence-corrected chi connectivity index (χ4v) is 3.43. The van der Waals surface area contributed by atoms with Gasteiger partial charge < -0.3 is 22.1 Å². The highest BCUT2D eigenvalue weighted by Crippen LogP contribution is 2.24. The van der Waals surface area contributed by atoms with E-state index in [4.69, 9.17) is 17.2 Å². The highest BCUT2D eigenvalue weighted by Gasteiger charge is 2.15. The molecule has 2 aromatic carbocycles. The second-order valence-electron chi connectivity index (χ2n) is 6.93. The minimum atomic E-state index is 0.100. The summed E-state index contributed by atoms with van der Waals surface area (Å²) < 4.78 is 0. The number of benzene rings is 2. The number of nitrogens with zero attached hydrogens (tertiary/aromatic N) is 5. The molecule has 0 saturated carbocycles. The molecular formula is C21H24N8. The van der Waals surface area contributed by atoms with Gasteiger partial charge in [-0.15, -0.1) is 0 Å². The van der Waals surface area contributed by atoms with E-state index in [9.17, 15) is 0 Å². The molecule has 8 nitrogen and oxygen atoms in total. The zero-order valence-electron chi connectivity index (χ0n) is 16.1. The van der Waals surface area contributed by atoms with Crippen molar-refractivity contribution in [3.63, 3.8) is 0 Å². The molecule has 8 heteroatoms. The van der Waals surface area contributed by atoms with Crippen LogP contribution in [0.4, 0.5) is 17.7 Å². The molecule has 0 unspecified atom stereocenters. The van der Waals surface area contributed by atoms with Gasteiger partial charge in [0.2, 0.25) is 11.9 Å². The van der Waals surface area contributed by atoms with Gasteiger partial charge in [-0.25, -0.2) is 4.98 Å². The molecule has 0 spiro atoms. The number of nitrogen functional groups attached to an aromatic ring is 2. The topological polar surface area (TPSA) is 133 Å². The Labute approximate surface area is 168 Å². The van der Waals surface area contributed by atoms with E-state index in [2.05, 4.69) is 61.2 Å². The first-order chi connectivity index (χ1) is 14.2. The number of nitrogens with two attached hydrogens (primary N) is 3. The smallest absolute Gasteiger partial charge is 0.227 e. The number of hydrogen-bond acceptors (Lipinski definition) is 8. The van der Waals surface area contributed by atoms with Crippen molar-refractivity contribution in [2.75, 3.05) is 29.5 Å². The fraction of sp³-hybridized carbons (Fsp3) is 0.238. The van der Waals surface area contributed by atoms with E-state index in [0.717, 1.165) is 19.4 Å². The standard InChI is InChI=1S/C21H24N8/c22-10-3-4-11-29(13-15-8-5-7-14-6-1-2-9-16(14)15)21-25-12-17-18(23)26-20(24)27-19(17)28-21/h1-2,5-9,12H,3-4,10-11,13,22H2,(H4,23,24,25,26,27,28). The molecule has 148 valence electrons. The van der Waals surface area contributed by atoms with Gasteiger partial charge in [-0.1, -0.05) is 42.5 Å². The Kier molecular flexibility index (Phi) is 5.35. The second-order valence-corrected chi connectivity index (χ2v) is 6.93. The van der Waals surface area contributed by atoms with Crippen LogP contribution in [0.1, 0.15) is 18.4 Å². The molecule has 4 rings (SSSR count). The van der Waals surface area contributed by atoms with Crippen LogP contribution < -0.4 is 22.1 Å². The molecule has 0 aliphatic carbocycles. The Bertz CT molecular complexity index is 1140. The molecule has 0 saturated heterocycles. The van der Waals surface area contributed by atoms with E-state index in [-0.39, 0.29) is 11.8 Å². The average molecular weight is 388 g/mol. The van der Waals surface area contributed by atoms with Crippen LogP contribution in [-0.2, 0) is 6.54 Å². The first-order valence-electron chi connectivity index (χ1n) is 9.63. The van der Waals surface area contributed by atoms with Crippen LogP contribution >= 0.6 is 0 Å². The van der Waals surface area contributed by atoms with Crippen molar-refractivity contribution < 1.29 is 0 Å². The van der Waals surface area contributed by atoms with Crippen molar-refractivity contribution in [1.29, 1.82) is 0 Å². The molecule has 0 radical (unpaired) electrons. The summed E-state index contributed by atoms with van der Waals surface area (Å²) >= 11 is 0. The number of fused-ring (bicyclic) bond motifs is 2. The summed E-state index contributed by atoms with van der Waals surface area (Å²) in [5.74, 6) is 0.964. The van der Waals surface area contributed by atoms with E-state index in [1.165, 1.54) is 16.3 Å². The Morgan fingerprint density at radius 3 is 2.55 bits per heavy atom. The van der Waals surface area contributed by atoms with Crippen LogP contribution in [0.2, 0.25) is 0 Å². The SMILES string of the molecule is NCCCCN(Cc1cccc2ccccc12)c1ncc2c(N)nc(N)nc2n1.